The van der Waals surface area contributed by atoms with Crippen LogP contribution < -0.4 is 0 Å². The lowest BCUT2D eigenvalue weighted by Crippen LogP contribution is -2.43. The molecule has 0 N–H and O–H groups in total. The lowest BCUT2D eigenvalue weighted by molar-refractivity contribution is -0.270. The van der Waals surface area contributed by atoms with E-state index in [1.165, 1.54) is 5.56 Å². The largest absolute Gasteiger partial charge is 0.349 e. The second-order valence-electron chi connectivity index (χ2n) is 5.31. The Hall–Kier alpha value is -1.36. The lowest BCUT2D eigenvalue weighted by Gasteiger charge is -2.37. The summed E-state index contributed by atoms with van der Waals surface area (Å²) in [4.78, 5) is 4.07. The van der Waals surface area contributed by atoms with Gasteiger partial charge in [-0.1, -0.05) is 23.7 Å². The molecule has 4 nitrogen and oxygen atoms in total. The standard InChI is InChI=1S/C16H19ClN2O2/c17-15-4-2-14(3-5-15)12-16(20-10-1-11-21-16)6-8-19-9-7-18-13-19/h2-5,7,9,13H,1,6,8,10-12H2. The molecule has 0 spiro atoms. The van der Waals surface area contributed by atoms with E-state index in [1.54, 1.807) is 6.20 Å². The van der Waals surface area contributed by atoms with E-state index >= 15 is 0 Å². The van der Waals surface area contributed by atoms with E-state index in [9.17, 15) is 0 Å². The molecule has 0 unspecified atom stereocenters. The Morgan fingerprint density at radius 2 is 1.95 bits per heavy atom. The zero-order valence-electron chi connectivity index (χ0n) is 11.9. The van der Waals surface area contributed by atoms with E-state index in [2.05, 4.69) is 4.98 Å². The Morgan fingerprint density at radius 1 is 1.19 bits per heavy atom. The summed E-state index contributed by atoms with van der Waals surface area (Å²) in [7, 11) is 0. The summed E-state index contributed by atoms with van der Waals surface area (Å²) < 4.78 is 14.1. The first kappa shape index (κ1) is 14.6. The van der Waals surface area contributed by atoms with Crippen molar-refractivity contribution >= 4 is 11.6 Å². The molecule has 2 heterocycles. The SMILES string of the molecule is Clc1ccc(CC2(CCn3ccnc3)OCCCO2)cc1. The molecule has 1 saturated heterocycles. The van der Waals surface area contributed by atoms with Crippen LogP contribution in [0.3, 0.4) is 0 Å². The number of imidazole rings is 1. The van der Waals surface area contributed by atoms with Crippen LogP contribution in [0.1, 0.15) is 18.4 Å². The van der Waals surface area contributed by atoms with Crippen LogP contribution in [0.25, 0.3) is 0 Å². The molecule has 0 saturated carbocycles. The molecule has 21 heavy (non-hydrogen) atoms. The summed E-state index contributed by atoms with van der Waals surface area (Å²) >= 11 is 5.95. The van der Waals surface area contributed by atoms with Gasteiger partial charge in [-0.2, -0.15) is 0 Å². The molecule has 0 radical (unpaired) electrons. The summed E-state index contributed by atoms with van der Waals surface area (Å²) in [5, 5.41) is 0.747. The third kappa shape index (κ3) is 3.84. The molecule has 0 bridgehead atoms. The van der Waals surface area contributed by atoms with Gasteiger partial charge < -0.3 is 14.0 Å². The van der Waals surface area contributed by atoms with E-state index < -0.39 is 5.79 Å². The first-order chi connectivity index (χ1) is 10.3. The molecule has 1 aliphatic heterocycles. The fourth-order valence-electron chi connectivity index (χ4n) is 2.58. The number of benzene rings is 1. The van der Waals surface area contributed by atoms with Crippen molar-refractivity contribution in [2.24, 2.45) is 0 Å². The summed E-state index contributed by atoms with van der Waals surface area (Å²) in [6, 6.07) is 7.87. The zero-order chi connectivity index (χ0) is 14.5. The van der Waals surface area contributed by atoms with Gasteiger partial charge in [-0.25, -0.2) is 4.98 Å². The van der Waals surface area contributed by atoms with Crippen molar-refractivity contribution in [2.75, 3.05) is 13.2 Å². The van der Waals surface area contributed by atoms with Crippen molar-refractivity contribution in [1.29, 1.82) is 0 Å². The number of halogens is 1. The van der Waals surface area contributed by atoms with Gasteiger partial charge in [0.25, 0.3) is 0 Å². The van der Waals surface area contributed by atoms with Crippen LogP contribution in [-0.2, 0) is 22.4 Å². The molecule has 1 aliphatic rings. The summed E-state index contributed by atoms with van der Waals surface area (Å²) in [5.41, 5.74) is 1.17. The lowest BCUT2D eigenvalue weighted by atomic mass is 10.0. The monoisotopic (exact) mass is 306 g/mol. The van der Waals surface area contributed by atoms with Crippen molar-refractivity contribution < 1.29 is 9.47 Å². The van der Waals surface area contributed by atoms with E-state index in [1.807, 2.05) is 41.4 Å². The van der Waals surface area contributed by atoms with E-state index in [4.69, 9.17) is 21.1 Å². The van der Waals surface area contributed by atoms with Crippen LogP contribution in [0.4, 0.5) is 0 Å². The first-order valence-electron chi connectivity index (χ1n) is 7.24. The summed E-state index contributed by atoms with van der Waals surface area (Å²) in [6.45, 7) is 2.32. The van der Waals surface area contributed by atoms with Gasteiger partial charge in [-0.3, -0.25) is 0 Å². The first-order valence-corrected chi connectivity index (χ1v) is 7.62. The normalized spacial score (nSPS) is 17.8. The Morgan fingerprint density at radius 3 is 2.62 bits per heavy atom. The molecule has 1 fully saturated rings. The quantitative estimate of drug-likeness (QED) is 0.850. The van der Waals surface area contributed by atoms with Gasteiger partial charge in [0.15, 0.2) is 5.79 Å². The minimum atomic E-state index is -0.545. The molecule has 5 heteroatoms. The third-order valence-corrected chi connectivity index (χ3v) is 3.97. The maximum Gasteiger partial charge on any atom is 0.173 e. The van der Waals surface area contributed by atoms with Gasteiger partial charge in [-0.15, -0.1) is 0 Å². The van der Waals surface area contributed by atoms with Crippen molar-refractivity contribution in [3.63, 3.8) is 0 Å². The van der Waals surface area contributed by atoms with Gasteiger partial charge in [0.1, 0.15) is 0 Å². The molecule has 1 aromatic heterocycles. The summed E-state index contributed by atoms with van der Waals surface area (Å²) in [5.74, 6) is -0.545. The maximum absolute atomic E-state index is 6.01. The second-order valence-corrected chi connectivity index (χ2v) is 5.75. The van der Waals surface area contributed by atoms with Gasteiger partial charge in [0.2, 0.25) is 0 Å². The minimum Gasteiger partial charge on any atom is -0.349 e. The summed E-state index contributed by atoms with van der Waals surface area (Å²) in [6.07, 6.45) is 8.05. The average molecular weight is 307 g/mol. The predicted octanol–water partition coefficient (Wildman–Crippen LogP) is 3.30. The van der Waals surface area contributed by atoms with Crippen LogP contribution in [0.5, 0.6) is 0 Å². The van der Waals surface area contributed by atoms with Crippen LogP contribution in [0, 0.1) is 0 Å². The molecule has 2 aromatic rings. The van der Waals surface area contributed by atoms with E-state index in [0.717, 1.165) is 44.0 Å². The Labute approximate surface area is 129 Å². The molecular formula is C16H19ClN2O2. The highest BCUT2D eigenvalue weighted by atomic mass is 35.5. The number of aryl methyl sites for hydroxylation is 1. The Bertz CT molecular complexity index is 548. The van der Waals surface area contributed by atoms with Crippen molar-refractivity contribution in [3.8, 4) is 0 Å². The minimum absolute atomic E-state index is 0.545. The van der Waals surface area contributed by atoms with Crippen molar-refractivity contribution in [1.82, 2.24) is 9.55 Å². The molecule has 0 atom stereocenters. The van der Waals surface area contributed by atoms with Crippen molar-refractivity contribution in [3.05, 3.63) is 53.6 Å². The molecular weight excluding hydrogens is 288 g/mol. The number of aromatic nitrogens is 2. The Balaban J connectivity index is 1.71. The highest BCUT2D eigenvalue weighted by Crippen LogP contribution is 2.28. The average Bonchev–Trinajstić information content (AvgIpc) is 3.02. The van der Waals surface area contributed by atoms with Crippen LogP contribution in [-0.4, -0.2) is 28.6 Å². The fourth-order valence-corrected chi connectivity index (χ4v) is 2.71. The predicted molar refractivity (Wildman–Crippen MR) is 81.3 cm³/mol. The van der Waals surface area contributed by atoms with Gasteiger partial charge in [-0.05, 0) is 24.1 Å². The third-order valence-electron chi connectivity index (χ3n) is 3.72. The van der Waals surface area contributed by atoms with Gasteiger partial charge in [0.05, 0.1) is 19.5 Å². The second kappa shape index (κ2) is 6.60. The van der Waals surface area contributed by atoms with Crippen molar-refractivity contribution in [2.45, 2.75) is 31.6 Å². The van der Waals surface area contributed by atoms with Crippen LogP contribution >= 0.6 is 11.6 Å². The van der Waals surface area contributed by atoms with Crippen LogP contribution in [0.15, 0.2) is 43.0 Å². The van der Waals surface area contributed by atoms with Crippen LogP contribution in [0.2, 0.25) is 5.02 Å². The van der Waals surface area contributed by atoms with E-state index in [0.29, 0.717) is 0 Å². The van der Waals surface area contributed by atoms with Gasteiger partial charge in [0, 0.05) is 36.8 Å². The number of rotatable bonds is 5. The number of nitrogens with zero attached hydrogens (tertiary/aromatic N) is 2. The highest BCUT2D eigenvalue weighted by Gasteiger charge is 2.34. The molecule has 1 aromatic carbocycles. The number of hydrogen-bond acceptors (Lipinski definition) is 3. The number of hydrogen-bond donors (Lipinski definition) is 0. The molecule has 0 amide bonds. The fraction of sp³-hybridized carbons (Fsp3) is 0.438. The van der Waals surface area contributed by atoms with E-state index in [-0.39, 0.29) is 0 Å². The smallest absolute Gasteiger partial charge is 0.173 e. The molecule has 0 aliphatic carbocycles. The zero-order valence-corrected chi connectivity index (χ0v) is 12.6. The maximum atomic E-state index is 6.01. The number of ether oxygens (including phenoxy) is 2. The Kier molecular flexibility index (Phi) is 4.58. The van der Waals surface area contributed by atoms with Gasteiger partial charge >= 0.3 is 0 Å². The molecule has 3 rings (SSSR count). The topological polar surface area (TPSA) is 36.3 Å². The molecule has 112 valence electrons. The highest BCUT2D eigenvalue weighted by molar-refractivity contribution is 6.30.